The van der Waals surface area contributed by atoms with Gasteiger partial charge in [0.25, 0.3) is 5.76 Å². The number of hydrogen-bond donors (Lipinski definition) is 3. The van der Waals surface area contributed by atoms with Crippen molar-refractivity contribution in [1.29, 1.82) is 0 Å². The van der Waals surface area contributed by atoms with E-state index in [9.17, 15) is 8.78 Å². The molecule has 0 spiro atoms. The van der Waals surface area contributed by atoms with Crippen LogP contribution in [0.3, 0.4) is 0 Å². The third kappa shape index (κ3) is 6.26. The van der Waals surface area contributed by atoms with Crippen LogP contribution in [-0.2, 0) is 0 Å². The van der Waals surface area contributed by atoms with Gasteiger partial charge in [-0.25, -0.2) is 4.99 Å². The van der Waals surface area contributed by atoms with Crippen molar-refractivity contribution >= 4 is 41.8 Å². The molecule has 18 heavy (non-hydrogen) atoms. The highest BCUT2D eigenvalue weighted by molar-refractivity contribution is 7.99. The summed E-state index contributed by atoms with van der Waals surface area (Å²) in [7, 11) is 0. The Bertz CT molecular complexity index is 431. The Balaban J connectivity index is 0.00000289. The van der Waals surface area contributed by atoms with Crippen molar-refractivity contribution in [2.24, 2.45) is 27.2 Å². The third-order valence-electron chi connectivity index (χ3n) is 1.55. The van der Waals surface area contributed by atoms with Crippen molar-refractivity contribution in [3.63, 3.8) is 0 Å². The number of hydrogen-bond acceptors (Lipinski definition) is 2. The normalized spacial score (nSPS) is 10.9. The highest BCUT2D eigenvalue weighted by atomic mass is 35.5. The van der Waals surface area contributed by atoms with Crippen molar-refractivity contribution < 1.29 is 8.78 Å². The van der Waals surface area contributed by atoms with Gasteiger partial charge in [0, 0.05) is 4.90 Å². The summed E-state index contributed by atoms with van der Waals surface area (Å²) in [6, 6.07) is 6.11. The summed E-state index contributed by atoms with van der Waals surface area (Å²) in [6.07, 6.45) is 0. The van der Waals surface area contributed by atoms with Crippen LogP contribution in [0, 0.1) is 0 Å². The first kappa shape index (κ1) is 16.5. The fourth-order valence-corrected chi connectivity index (χ4v) is 1.49. The van der Waals surface area contributed by atoms with E-state index in [1.807, 2.05) is 0 Å². The lowest BCUT2D eigenvalue weighted by Gasteiger charge is -2.00. The van der Waals surface area contributed by atoms with Gasteiger partial charge in [0.15, 0.2) is 5.96 Å². The second-order valence-electron chi connectivity index (χ2n) is 2.88. The molecule has 0 amide bonds. The van der Waals surface area contributed by atoms with Crippen molar-refractivity contribution in [2.45, 2.75) is 10.7 Å². The molecule has 9 heteroatoms. The summed E-state index contributed by atoms with van der Waals surface area (Å²) >= 11 is 0.456. The lowest BCUT2D eigenvalue weighted by atomic mass is 10.3. The number of guanidine groups is 2. The van der Waals surface area contributed by atoms with E-state index in [-0.39, 0.29) is 24.3 Å². The Morgan fingerprint density at radius 1 is 1.11 bits per heavy atom. The van der Waals surface area contributed by atoms with Crippen molar-refractivity contribution in [3.05, 3.63) is 24.3 Å². The molecular weight excluding hydrogens is 284 g/mol. The lowest BCUT2D eigenvalue weighted by molar-refractivity contribution is 0.252. The number of thioether (sulfide) groups is 1. The van der Waals surface area contributed by atoms with E-state index < -0.39 is 5.76 Å². The Morgan fingerprint density at radius 2 is 1.67 bits per heavy atom. The van der Waals surface area contributed by atoms with Crippen molar-refractivity contribution in [1.82, 2.24) is 0 Å². The predicted octanol–water partition coefficient (Wildman–Crippen LogP) is 1.64. The van der Waals surface area contributed by atoms with Gasteiger partial charge in [-0.3, -0.25) is 0 Å². The molecule has 0 radical (unpaired) electrons. The van der Waals surface area contributed by atoms with Crippen LogP contribution >= 0.6 is 24.2 Å². The van der Waals surface area contributed by atoms with Gasteiger partial charge < -0.3 is 17.2 Å². The van der Waals surface area contributed by atoms with Crippen LogP contribution in [0.2, 0.25) is 0 Å². The molecule has 5 nitrogen and oxygen atoms in total. The van der Waals surface area contributed by atoms with Crippen LogP contribution in [0.25, 0.3) is 0 Å². The topological polar surface area (TPSA) is 103 Å². The summed E-state index contributed by atoms with van der Waals surface area (Å²) in [5, 5.41) is 0. The third-order valence-corrected chi connectivity index (χ3v) is 2.27. The highest BCUT2D eigenvalue weighted by Crippen LogP contribution is 2.26. The molecule has 0 atom stereocenters. The number of nitrogens with zero attached hydrogens (tertiary/aromatic N) is 2. The Morgan fingerprint density at radius 3 is 2.11 bits per heavy atom. The Kier molecular flexibility index (Phi) is 7.06. The zero-order valence-electron chi connectivity index (χ0n) is 9.09. The van der Waals surface area contributed by atoms with Gasteiger partial charge in [0.05, 0.1) is 5.69 Å². The molecule has 6 N–H and O–H groups in total. The summed E-state index contributed by atoms with van der Waals surface area (Å²) in [6.45, 7) is 0. The summed E-state index contributed by atoms with van der Waals surface area (Å²) in [5.41, 5.74) is 16.1. The maximum absolute atomic E-state index is 12.0. The molecule has 0 aliphatic heterocycles. The first-order valence-corrected chi connectivity index (χ1v) is 5.34. The lowest BCUT2D eigenvalue weighted by Crippen LogP contribution is -2.26. The monoisotopic (exact) mass is 295 g/mol. The fraction of sp³-hybridized carbons (Fsp3) is 0.111. The molecular formula is C9H12ClF2N5S. The molecule has 0 aliphatic carbocycles. The summed E-state index contributed by atoms with van der Waals surface area (Å²) in [5.74, 6) is -2.74. The zero-order valence-corrected chi connectivity index (χ0v) is 10.7. The zero-order chi connectivity index (χ0) is 12.8. The van der Waals surface area contributed by atoms with Gasteiger partial charge in [-0.05, 0) is 24.3 Å². The van der Waals surface area contributed by atoms with Crippen LogP contribution < -0.4 is 17.2 Å². The smallest absolute Gasteiger partial charge is 0.288 e. The van der Waals surface area contributed by atoms with Gasteiger partial charge >= 0.3 is 0 Å². The maximum atomic E-state index is 12.0. The summed E-state index contributed by atoms with van der Waals surface area (Å²) < 4.78 is 24.1. The molecule has 0 saturated heterocycles. The molecule has 100 valence electrons. The molecule has 1 aromatic carbocycles. The molecule has 0 saturated carbocycles. The Labute approximate surface area is 113 Å². The Hall–Kier alpha value is -1.54. The molecule has 1 rings (SSSR count). The maximum Gasteiger partial charge on any atom is 0.288 e. The van der Waals surface area contributed by atoms with E-state index in [1.165, 1.54) is 12.1 Å². The number of aliphatic imine (C=N–C) groups is 2. The van der Waals surface area contributed by atoms with Gasteiger partial charge in [-0.1, -0.05) is 11.8 Å². The first-order chi connectivity index (χ1) is 7.97. The number of benzene rings is 1. The predicted molar refractivity (Wildman–Crippen MR) is 72.6 cm³/mol. The van der Waals surface area contributed by atoms with Crippen molar-refractivity contribution in [3.8, 4) is 0 Å². The summed E-state index contributed by atoms with van der Waals surface area (Å²) in [4.78, 5) is 7.83. The number of alkyl halides is 2. The van der Waals surface area contributed by atoms with Gasteiger partial charge in [-0.15, -0.1) is 12.4 Å². The SMILES string of the molecule is Cl.NC(N)=NC(N)=Nc1ccc(SC(F)F)cc1. The average Bonchev–Trinajstić information content (AvgIpc) is 2.18. The van der Waals surface area contributed by atoms with E-state index in [0.29, 0.717) is 22.3 Å². The van der Waals surface area contributed by atoms with Crippen molar-refractivity contribution in [2.75, 3.05) is 0 Å². The molecule has 0 fully saturated rings. The molecule has 0 heterocycles. The minimum absolute atomic E-state index is 0. The van der Waals surface area contributed by atoms with Gasteiger partial charge in [-0.2, -0.15) is 13.8 Å². The minimum atomic E-state index is -2.45. The highest BCUT2D eigenvalue weighted by Gasteiger charge is 2.04. The van der Waals surface area contributed by atoms with E-state index >= 15 is 0 Å². The molecule has 1 aromatic rings. The first-order valence-electron chi connectivity index (χ1n) is 4.46. The molecule has 0 unspecified atom stereocenters. The van der Waals surface area contributed by atoms with Crippen LogP contribution in [0.4, 0.5) is 14.5 Å². The standard InChI is InChI=1S/C9H11F2N5S.ClH/c10-7(11)17-6-3-1-5(2-4-6)15-9(14)16-8(12)13;/h1-4,7H,(H6,12,13,14,15,16);1H. The largest absolute Gasteiger partial charge is 0.370 e. The molecule has 0 bridgehead atoms. The number of rotatable bonds is 3. The number of halogens is 3. The second kappa shape index (κ2) is 7.72. The molecule has 0 aromatic heterocycles. The second-order valence-corrected chi connectivity index (χ2v) is 3.94. The van der Waals surface area contributed by atoms with Crippen LogP contribution in [0.5, 0.6) is 0 Å². The quantitative estimate of drug-likeness (QED) is 0.448. The number of nitrogens with two attached hydrogens (primary N) is 3. The van der Waals surface area contributed by atoms with Crippen LogP contribution in [0.1, 0.15) is 0 Å². The van der Waals surface area contributed by atoms with E-state index in [1.54, 1.807) is 12.1 Å². The van der Waals surface area contributed by atoms with Gasteiger partial charge in [0.1, 0.15) is 0 Å². The fourth-order valence-electron chi connectivity index (χ4n) is 0.992. The van der Waals surface area contributed by atoms with Crippen LogP contribution in [0.15, 0.2) is 39.1 Å². The molecule has 0 aliphatic rings. The minimum Gasteiger partial charge on any atom is -0.370 e. The van der Waals surface area contributed by atoms with Crippen LogP contribution in [-0.4, -0.2) is 17.7 Å². The van der Waals surface area contributed by atoms with E-state index in [2.05, 4.69) is 9.98 Å². The van der Waals surface area contributed by atoms with E-state index in [4.69, 9.17) is 17.2 Å². The van der Waals surface area contributed by atoms with E-state index in [0.717, 1.165) is 0 Å². The van der Waals surface area contributed by atoms with Gasteiger partial charge in [0.2, 0.25) is 5.96 Å². The average molecular weight is 296 g/mol.